The molecular weight excluding hydrogens is 216 g/mol. The van der Waals surface area contributed by atoms with E-state index in [4.69, 9.17) is 4.74 Å². The van der Waals surface area contributed by atoms with Crippen molar-refractivity contribution >= 4 is 5.96 Å². The minimum absolute atomic E-state index is 0.262. The largest absolute Gasteiger partial charge is 0.374 e. The van der Waals surface area contributed by atoms with Crippen LogP contribution in [0.2, 0.25) is 0 Å². The van der Waals surface area contributed by atoms with Gasteiger partial charge >= 0.3 is 0 Å². The van der Waals surface area contributed by atoms with E-state index in [1.165, 1.54) is 12.8 Å². The van der Waals surface area contributed by atoms with E-state index in [0.717, 1.165) is 38.7 Å². The number of unbranched alkanes of at least 4 members (excludes halogenated alkanes) is 1. The van der Waals surface area contributed by atoms with Crippen LogP contribution in [-0.2, 0) is 4.74 Å². The molecule has 0 saturated carbocycles. The van der Waals surface area contributed by atoms with Crippen molar-refractivity contribution in [3.63, 3.8) is 0 Å². The van der Waals surface area contributed by atoms with Crippen LogP contribution >= 0.6 is 0 Å². The predicted octanol–water partition coefficient (Wildman–Crippen LogP) is 0.282. The van der Waals surface area contributed by atoms with Crippen LogP contribution < -0.4 is 10.6 Å². The highest BCUT2D eigenvalue weighted by molar-refractivity contribution is 5.79. The zero-order valence-corrected chi connectivity index (χ0v) is 11.3. The van der Waals surface area contributed by atoms with Crippen molar-refractivity contribution in [1.82, 2.24) is 15.5 Å². The van der Waals surface area contributed by atoms with Gasteiger partial charge in [0.2, 0.25) is 0 Å². The summed E-state index contributed by atoms with van der Waals surface area (Å²) in [6.45, 7) is 6.81. The molecular formula is C12H26N4O. The van der Waals surface area contributed by atoms with Crippen LogP contribution in [0.25, 0.3) is 0 Å². The molecule has 0 aliphatic carbocycles. The van der Waals surface area contributed by atoms with Gasteiger partial charge in [0, 0.05) is 33.2 Å². The second-order valence-electron chi connectivity index (χ2n) is 4.49. The fourth-order valence-corrected chi connectivity index (χ4v) is 1.80. The minimum atomic E-state index is 0.262. The molecule has 0 radical (unpaired) electrons. The number of nitrogens with one attached hydrogen (secondary N) is 2. The van der Waals surface area contributed by atoms with Gasteiger partial charge in [-0.05, 0) is 13.5 Å². The zero-order valence-electron chi connectivity index (χ0n) is 11.3. The second-order valence-corrected chi connectivity index (χ2v) is 4.49. The van der Waals surface area contributed by atoms with Crippen molar-refractivity contribution in [3.05, 3.63) is 0 Å². The Hall–Kier alpha value is -0.810. The van der Waals surface area contributed by atoms with E-state index in [2.05, 4.69) is 34.5 Å². The Kier molecular flexibility index (Phi) is 6.96. The first-order valence-electron chi connectivity index (χ1n) is 6.51. The summed E-state index contributed by atoms with van der Waals surface area (Å²) in [6.07, 6.45) is 2.63. The molecule has 1 aliphatic rings. The van der Waals surface area contributed by atoms with Crippen molar-refractivity contribution in [2.75, 3.05) is 46.9 Å². The maximum Gasteiger partial charge on any atom is 0.191 e. The Morgan fingerprint density at radius 3 is 2.94 bits per heavy atom. The number of morpholine rings is 1. The summed E-state index contributed by atoms with van der Waals surface area (Å²) in [7, 11) is 3.93. The first kappa shape index (κ1) is 14.3. The Labute approximate surface area is 105 Å². The van der Waals surface area contributed by atoms with Crippen LogP contribution in [0.3, 0.4) is 0 Å². The molecule has 0 amide bonds. The van der Waals surface area contributed by atoms with E-state index in [-0.39, 0.29) is 6.10 Å². The van der Waals surface area contributed by atoms with Gasteiger partial charge in [-0.1, -0.05) is 13.3 Å². The first-order chi connectivity index (χ1) is 8.26. The van der Waals surface area contributed by atoms with E-state index in [9.17, 15) is 0 Å². The average Bonchev–Trinajstić information content (AvgIpc) is 2.34. The van der Waals surface area contributed by atoms with Crippen LogP contribution in [0.15, 0.2) is 4.99 Å². The molecule has 1 heterocycles. The summed E-state index contributed by atoms with van der Waals surface area (Å²) in [6, 6.07) is 0. The number of hydrogen-bond acceptors (Lipinski definition) is 3. The molecule has 1 aliphatic heterocycles. The number of rotatable bonds is 5. The number of ether oxygens (including phenoxy) is 1. The first-order valence-corrected chi connectivity index (χ1v) is 6.51. The van der Waals surface area contributed by atoms with Crippen LogP contribution in [0.5, 0.6) is 0 Å². The van der Waals surface area contributed by atoms with Gasteiger partial charge in [-0.3, -0.25) is 4.99 Å². The van der Waals surface area contributed by atoms with Crippen LogP contribution in [0.1, 0.15) is 19.8 Å². The van der Waals surface area contributed by atoms with Crippen molar-refractivity contribution < 1.29 is 4.74 Å². The SMILES string of the molecule is CCCCNC(=NC)NCC1CN(C)CCO1. The molecule has 0 bridgehead atoms. The highest BCUT2D eigenvalue weighted by Crippen LogP contribution is 2.01. The third-order valence-corrected chi connectivity index (χ3v) is 2.89. The van der Waals surface area contributed by atoms with E-state index in [0.29, 0.717) is 0 Å². The molecule has 0 aromatic carbocycles. The fraction of sp³-hybridized carbons (Fsp3) is 0.917. The molecule has 0 spiro atoms. The van der Waals surface area contributed by atoms with Gasteiger partial charge in [0.15, 0.2) is 5.96 Å². The van der Waals surface area contributed by atoms with Gasteiger partial charge in [-0.25, -0.2) is 0 Å². The lowest BCUT2D eigenvalue weighted by molar-refractivity contribution is -0.0161. The molecule has 1 unspecified atom stereocenters. The Bertz CT molecular complexity index is 233. The quantitative estimate of drug-likeness (QED) is 0.413. The fourth-order valence-electron chi connectivity index (χ4n) is 1.80. The number of guanidine groups is 1. The number of aliphatic imine (C=N–C) groups is 1. The third-order valence-electron chi connectivity index (χ3n) is 2.89. The zero-order chi connectivity index (χ0) is 12.5. The van der Waals surface area contributed by atoms with Gasteiger partial charge in [0.25, 0.3) is 0 Å². The minimum Gasteiger partial charge on any atom is -0.374 e. The molecule has 1 saturated heterocycles. The third kappa shape index (κ3) is 5.89. The van der Waals surface area contributed by atoms with Gasteiger partial charge in [0.05, 0.1) is 12.7 Å². The summed E-state index contributed by atoms with van der Waals surface area (Å²) < 4.78 is 5.68. The molecule has 1 atom stereocenters. The topological polar surface area (TPSA) is 48.9 Å². The second kappa shape index (κ2) is 8.31. The molecule has 1 fully saturated rings. The van der Waals surface area contributed by atoms with Crippen molar-refractivity contribution in [1.29, 1.82) is 0 Å². The van der Waals surface area contributed by atoms with Crippen molar-refractivity contribution in [2.45, 2.75) is 25.9 Å². The average molecular weight is 242 g/mol. The molecule has 100 valence electrons. The van der Waals surface area contributed by atoms with Crippen molar-refractivity contribution in [2.24, 2.45) is 4.99 Å². The summed E-state index contributed by atoms with van der Waals surface area (Å²) in [5.41, 5.74) is 0. The van der Waals surface area contributed by atoms with E-state index < -0.39 is 0 Å². The van der Waals surface area contributed by atoms with Crippen LogP contribution in [0, 0.1) is 0 Å². The molecule has 5 nitrogen and oxygen atoms in total. The summed E-state index contributed by atoms with van der Waals surface area (Å²) in [4.78, 5) is 6.48. The van der Waals surface area contributed by atoms with E-state index >= 15 is 0 Å². The van der Waals surface area contributed by atoms with Gasteiger partial charge in [-0.15, -0.1) is 0 Å². The molecule has 5 heteroatoms. The highest BCUT2D eigenvalue weighted by atomic mass is 16.5. The highest BCUT2D eigenvalue weighted by Gasteiger charge is 2.17. The summed E-state index contributed by atoms with van der Waals surface area (Å²) in [5, 5.41) is 6.60. The number of nitrogens with zero attached hydrogens (tertiary/aromatic N) is 2. The lowest BCUT2D eigenvalue weighted by Gasteiger charge is -2.30. The van der Waals surface area contributed by atoms with Gasteiger partial charge < -0.3 is 20.3 Å². The lowest BCUT2D eigenvalue weighted by atomic mass is 10.3. The molecule has 0 aromatic rings. The number of hydrogen-bond donors (Lipinski definition) is 2. The monoisotopic (exact) mass is 242 g/mol. The van der Waals surface area contributed by atoms with E-state index in [1.54, 1.807) is 7.05 Å². The lowest BCUT2D eigenvalue weighted by Crippen LogP contribution is -2.48. The number of likely N-dealkylation sites (N-methyl/N-ethyl adjacent to an activating group) is 1. The Balaban J connectivity index is 2.18. The molecule has 17 heavy (non-hydrogen) atoms. The van der Waals surface area contributed by atoms with Crippen molar-refractivity contribution in [3.8, 4) is 0 Å². The maximum atomic E-state index is 5.68. The Morgan fingerprint density at radius 1 is 1.47 bits per heavy atom. The smallest absolute Gasteiger partial charge is 0.191 e. The molecule has 0 aromatic heterocycles. The van der Waals surface area contributed by atoms with Gasteiger partial charge in [0.1, 0.15) is 0 Å². The van der Waals surface area contributed by atoms with E-state index in [1.807, 2.05) is 0 Å². The summed E-state index contributed by atoms with van der Waals surface area (Å²) >= 11 is 0. The predicted molar refractivity (Wildman–Crippen MR) is 71.5 cm³/mol. The molecule has 1 rings (SSSR count). The maximum absolute atomic E-state index is 5.68. The van der Waals surface area contributed by atoms with Crippen LogP contribution in [-0.4, -0.2) is 63.8 Å². The summed E-state index contributed by atoms with van der Waals surface area (Å²) in [5.74, 6) is 0.871. The molecule has 2 N–H and O–H groups in total. The van der Waals surface area contributed by atoms with Crippen LogP contribution in [0.4, 0.5) is 0 Å². The normalized spacial score (nSPS) is 22.5. The van der Waals surface area contributed by atoms with Gasteiger partial charge in [-0.2, -0.15) is 0 Å². The standard InChI is InChI=1S/C12H26N4O/c1-4-5-6-14-12(13-2)15-9-11-10-16(3)7-8-17-11/h11H,4-10H2,1-3H3,(H2,13,14,15). The Morgan fingerprint density at radius 2 is 2.29 bits per heavy atom.